The second-order valence-electron chi connectivity index (χ2n) is 9.39. The number of imidazole rings is 1. The maximum absolute atomic E-state index is 16.1. The van der Waals surface area contributed by atoms with E-state index in [9.17, 15) is 5.11 Å². The smallest absolute Gasteiger partial charge is 0.161 e. The second-order valence-corrected chi connectivity index (χ2v) is 9.39. The summed E-state index contributed by atoms with van der Waals surface area (Å²) in [5.74, 6) is -0.0770. The van der Waals surface area contributed by atoms with Gasteiger partial charge >= 0.3 is 0 Å². The predicted octanol–water partition coefficient (Wildman–Crippen LogP) is 5.94. The van der Waals surface area contributed by atoms with Crippen LogP contribution in [-0.4, -0.2) is 41.5 Å². The number of aromatic amines is 2. The molecule has 196 valence electrons. The molecular formula is C30H22FN7O2. The molecule has 0 saturated carbocycles. The Morgan fingerprint density at radius 3 is 2.75 bits per heavy atom. The SMILES string of the molecule is OC(Cc1ccccc1)Nc1cncc(-c2ccc3[nH]nc(-c4nc5c(-c6ccoc6)ccnc5[nH]4)c3c2F)c1. The minimum atomic E-state index is -0.833. The van der Waals surface area contributed by atoms with E-state index in [1.807, 2.05) is 42.5 Å². The van der Waals surface area contributed by atoms with Gasteiger partial charge < -0.3 is 19.8 Å². The first-order valence-electron chi connectivity index (χ1n) is 12.6. The average molecular weight is 532 g/mol. The number of furan rings is 1. The zero-order valence-corrected chi connectivity index (χ0v) is 21.0. The molecule has 2 aromatic carbocycles. The summed E-state index contributed by atoms with van der Waals surface area (Å²) in [7, 11) is 0. The van der Waals surface area contributed by atoms with Crippen LogP contribution in [0, 0.1) is 5.82 Å². The van der Waals surface area contributed by atoms with Gasteiger partial charge in [-0.3, -0.25) is 10.1 Å². The number of nitrogens with one attached hydrogen (secondary N) is 3. The first-order valence-corrected chi connectivity index (χ1v) is 12.6. The summed E-state index contributed by atoms with van der Waals surface area (Å²) in [6, 6.07) is 18.6. The minimum absolute atomic E-state index is 0.295. The van der Waals surface area contributed by atoms with Crippen LogP contribution in [0.1, 0.15) is 5.56 Å². The van der Waals surface area contributed by atoms with Crippen LogP contribution >= 0.6 is 0 Å². The lowest BCUT2D eigenvalue weighted by atomic mass is 10.0. The Morgan fingerprint density at radius 1 is 1.00 bits per heavy atom. The summed E-state index contributed by atoms with van der Waals surface area (Å²) in [5.41, 5.74) is 6.21. The summed E-state index contributed by atoms with van der Waals surface area (Å²) < 4.78 is 21.4. The molecule has 7 rings (SSSR count). The van der Waals surface area contributed by atoms with Gasteiger partial charge in [0.1, 0.15) is 23.3 Å². The molecule has 5 aromatic heterocycles. The lowest BCUT2D eigenvalue weighted by Gasteiger charge is -2.15. The Bertz CT molecular complexity index is 1950. The monoisotopic (exact) mass is 531 g/mol. The van der Waals surface area contributed by atoms with E-state index in [2.05, 4.69) is 30.5 Å². The van der Waals surface area contributed by atoms with Crippen LogP contribution in [0.2, 0.25) is 0 Å². The number of aliphatic hydroxyl groups excluding tert-OH is 1. The largest absolute Gasteiger partial charge is 0.472 e. The summed E-state index contributed by atoms with van der Waals surface area (Å²) in [4.78, 5) is 16.6. The molecule has 4 N–H and O–H groups in total. The third-order valence-corrected chi connectivity index (χ3v) is 6.76. The van der Waals surface area contributed by atoms with Crippen molar-refractivity contribution in [2.45, 2.75) is 12.6 Å². The van der Waals surface area contributed by atoms with Crippen molar-refractivity contribution >= 4 is 27.8 Å². The van der Waals surface area contributed by atoms with Gasteiger partial charge in [-0.25, -0.2) is 14.4 Å². The van der Waals surface area contributed by atoms with Gasteiger partial charge in [-0.15, -0.1) is 0 Å². The van der Waals surface area contributed by atoms with Gasteiger partial charge in [0.2, 0.25) is 0 Å². The van der Waals surface area contributed by atoms with Crippen molar-refractivity contribution in [2.24, 2.45) is 0 Å². The van der Waals surface area contributed by atoms with E-state index in [4.69, 9.17) is 9.40 Å². The maximum Gasteiger partial charge on any atom is 0.161 e. The molecule has 0 bridgehead atoms. The number of aliphatic hydroxyl groups is 1. The minimum Gasteiger partial charge on any atom is -0.472 e. The lowest BCUT2D eigenvalue weighted by molar-refractivity contribution is 0.204. The number of nitrogens with zero attached hydrogens (tertiary/aromatic N) is 4. The predicted molar refractivity (Wildman–Crippen MR) is 150 cm³/mol. The first kappa shape index (κ1) is 23.7. The molecule has 5 heterocycles. The van der Waals surface area contributed by atoms with Crippen LogP contribution < -0.4 is 5.32 Å². The summed E-state index contributed by atoms with van der Waals surface area (Å²) in [5, 5.41) is 21.2. The Kier molecular flexibility index (Phi) is 5.79. The van der Waals surface area contributed by atoms with Crippen LogP contribution in [-0.2, 0) is 6.42 Å². The van der Waals surface area contributed by atoms with Crippen molar-refractivity contribution in [3.8, 4) is 33.8 Å². The van der Waals surface area contributed by atoms with Crippen LogP contribution in [0.3, 0.4) is 0 Å². The van der Waals surface area contributed by atoms with E-state index in [1.54, 1.807) is 49.3 Å². The van der Waals surface area contributed by atoms with E-state index < -0.39 is 12.0 Å². The molecule has 0 amide bonds. The second kappa shape index (κ2) is 9.75. The van der Waals surface area contributed by atoms with Gasteiger partial charge in [-0.1, -0.05) is 30.3 Å². The normalized spacial score (nSPS) is 12.2. The van der Waals surface area contributed by atoms with E-state index in [1.165, 1.54) is 0 Å². The Balaban J connectivity index is 1.24. The van der Waals surface area contributed by atoms with Gasteiger partial charge in [0.25, 0.3) is 0 Å². The van der Waals surface area contributed by atoms with Gasteiger partial charge in [0, 0.05) is 41.1 Å². The highest BCUT2D eigenvalue weighted by Gasteiger charge is 2.21. The Morgan fingerprint density at radius 2 is 1.90 bits per heavy atom. The number of pyridine rings is 2. The highest BCUT2D eigenvalue weighted by atomic mass is 19.1. The molecule has 0 aliphatic rings. The number of anilines is 1. The molecule has 1 atom stereocenters. The zero-order chi connectivity index (χ0) is 27.1. The number of benzene rings is 2. The van der Waals surface area contributed by atoms with Crippen LogP contribution in [0.25, 0.3) is 55.8 Å². The van der Waals surface area contributed by atoms with Gasteiger partial charge in [0.05, 0.1) is 35.3 Å². The number of fused-ring (bicyclic) bond motifs is 2. The van der Waals surface area contributed by atoms with E-state index in [0.29, 0.717) is 56.8 Å². The number of halogens is 1. The number of aromatic nitrogens is 6. The fourth-order valence-electron chi connectivity index (χ4n) is 4.89. The van der Waals surface area contributed by atoms with Crippen molar-refractivity contribution in [1.29, 1.82) is 0 Å². The average Bonchev–Trinajstić information content (AvgIpc) is 3.73. The fourth-order valence-corrected chi connectivity index (χ4v) is 4.89. The Labute approximate surface area is 226 Å². The molecule has 0 saturated heterocycles. The summed E-state index contributed by atoms with van der Waals surface area (Å²) in [6.07, 6.45) is 7.67. The number of rotatable bonds is 7. The molecule has 40 heavy (non-hydrogen) atoms. The highest BCUT2D eigenvalue weighted by molar-refractivity contribution is 5.98. The molecule has 7 aromatic rings. The summed E-state index contributed by atoms with van der Waals surface area (Å²) >= 11 is 0. The molecule has 0 fully saturated rings. The van der Waals surface area contributed by atoms with Crippen molar-refractivity contribution in [1.82, 2.24) is 30.1 Å². The van der Waals surface area contributed by atoms with Gasteiger partial charge in [-0.2, -0.15) is 5.10 Å². The van der Waals surface area contributed by atoms with Crippen LogP contribution in [0.4, 0.5) is 10.1 Å². The lowest BCUT2D eigenvalue weighted by Crippen LogP contribution is -2.21. The van der Waals surface area contributed by atoms with Crippen molar-refractivity contribution in [3.05, 3.63) is 103 Å². The molecular weight excluding hydrogens is 509 g/mol. The number of hydrogen-bond donors (Lipinski definition) is 4. The van der Waals surface area contributed by atoms with E-state index in [-0.39, 0.29) is 0 Å². The van der Waals surface area contributed by atoms with E-state index >= 15 is 4.39 Å². The molecule has 9 nitrogen and oxygen atoms in total. The maximum atomic E-state index is 16.1. The zero-order valence-electron chi connectivity index (χ0n) is 21.0. The summed E-state index contributed by atoms with van der Waals surface area (Å²) in [6.45, 7) is 0. The number of H-pyrrole nitrogens is 2. The quantitative estimate of drug-likeness (QED) is 0.188. The Hall–Kier alpha value is -5.35. The molecule has 0 aliphatic carbocycles. The highest BCUT2D eigenvalue weighted by Crippen LogP contribution is 2.35. The van der Waals surface area contributed by atoms with E-state index in [0.717, 1.165) is 16.7 Å². The third kappa shape index (κ3) is 4.26. The molecule has 0 spiro atoms. The number of hydrogen-bond acceptors (Lipinski definition) is 7. The van der Waals surface area contributed by atoms with Crippen LogP contribution in [0.15, 0.2) is 96.2 Å². The van der Waals surface area contributed by atoms with Crippen molar-refractivity contribution in [3.63, 3.8) is 0 Å². The first-order chi connectivity index (χ1) is 19.6. The van der Waals surface area contributed by atoms with Crippen LogP contribution in [0.5, 0.6) is 0 Å². The third-order valence-electron chi connectivity index (χ3n) is 6.76. The van der Waals surface area contributed by atoms with Crippen molar-refractivity contribution in [2.75, 3.05) is 5.32 Å². The molecule has 10 heteroatoms. The topological polar surface area (TPSA) is 129 Å². The fraction of sp³-hybridized carbons (Fsp3) is 0.0667. The van der Waals surface area contributed by atoms with Gasteiger partial charge in [0.15, 0.2) is 11.5 Å². The standard InChI is InChI=1S/C30H22FN7O2/c31-26-21(19-13-20(15-32-14-19)34-24(39)12-17-4-2-1-3-5-17)6-7-23-25(26)28(38-37-23)30-35-27-22(18-9-11-40-16-18)8-10-33-29(27)36-30/h1-11,13-16,24,34,39H,12H2,(H,37,38)(H,33,35,36). The molecule has 0 radical (unpaired) electrons. The van der Waals surface area contributed by atoms with Crippen molar-refractivity contribution < 1.29 is 13.9 Å². The molecule has 0 aliphatic heterocycles. The van der Waals surface area contributed by atoms with Gasteiger partial charge in [-0.05, 0) is 35.9 Å². The molecule has 1 unspecified atom stereocenters.